The van der Waals surface area contributed by atoms with Crippen molar-refractivity contribution in [2.45, 2.75) is 39.0 Å². The lowest BCUT2D eigenvalue weighted by Crippen LogP contribution is -1.91. The highest BCUT2D eigenvalue weighted by molar-refractivity contribution is 5.89. The second kappa shape index (κ2) is 7.86. The molecule has 0 N–H and O–H groups in total. The Morgan fingerprint density at radius 2 is 2.00 bits per heavy atom. The van der Waals surface area contributed by atoms with Gasteiger partial charge in [-0.2, -0.15) is 0 Å². The fraction of sp³-hybridized carbons (Fsp3) is 0.400. The summed E-state index contributed by atoms with van der Waals surface area (Å²) in [6.45, 7) is 2.10. The van der Waals surface area contributed by atoms with E-state index in [1.165, 1.54) is 5.56 Å². The Labute approximate surface area is 98.2 Å². The first-order chi connectivity index (χ1) is 7.83. The Bertz CT molecular complexity index is 325. The van der Waals surface area contributed by atoms with E-state index < -0.39 is 0 Å². The molecule has 0 saturated carbocycles. The van der Waals surface area contributed by atoms with Crippen LogP contribution in [0.3, 0.4) is 0 Å². The van der Waals surface area contributed by atoms with Crippen molar-refractivity contribution in [1.29, 1.82) is 0 Å². The quantitative estimate of drug-likeness (QED) is 0.631. The van der Waals surface area contributed by atoms with Crippen molar-refractivity contribution in [3.8, 4) is 0 Å². The highest BCUT2D eigenvalue weighted by Gasteiger charge is 1.94. The maximum absolute atomic E-state index is 11.3. The van der Waals surface area contributed by atoms with Crippen LogP contribution in [-0.4, -0.2) is 5.78 Å². The van der Waals surface area contributed by atoms with E-state index in [1.54, 1.807) is 6.08 Å². The molecule has 1 nitrogen and oxygen atoms in total. The second-order valence-electron chi connectivity index (χ2n) is 4.00. The third-order valence-electron chi connectivity index (χ3n) is 2.52. The topological polar surface area (TPSA) is 17.1 Å². The summed E-state index contributed by atoms with van der Waals surface area (Å²) in [7, 11) is 0. The van der Waals surface area contributed by atoms with Gasteiger partial charge in [0.2, 0.25) is 0 Å². The van der Waals surface area contributed by atoms with E-state index in [2.05, 4.69) is 19.1 Å². The summed E-state index contributed by atoms with van der Waals surface area (Å²) in [6.07, 6.45) is 8.47. The van der Waals surface area contributed by atoms with Crippen LogP contribution in [0.25, 0.3) is 0 Å². The Kier molecular flexibility index (Phi) is 6.24. The summed E-state index contributed by atoms with van der Waals surface area (Å²) >= 11 is 0. The smallest absolute Gasteiger partial charge is 0.155 e. The summed E-state index contributed by atoms with van der Waals surface area (Å²) in [6, 6.07) is 10.4. The lowest BCUT2D eigenvalue weighted by atomic mass is 10.1. The van der Waals surface area contributed by atoms with Gasteiger partial charge in [0.15, 0.2) is 5.78 Å². The van der Waals surface area contributed by atoms with Crippen LogP contribution in [0.4, 0.5) is 0 Å². The largest absolute Gasteiger partial charge is 0.295 e. The molecule has 0 aromatic heterocycles. The van der Waals surface area contributed by atoms with Gasteiger partial charge in [-0.05, 0) is 30.9 Å². The molecule has 0 atom stereocenters. The summed E-state index contributed by atoms with van der Waals surface area (Å²) in [5.74, 6) is 0.259. The molecule has 0 bridgehead atoms. The van der Waals surface area contributed by atoms with Gasteiger partial charge in [-0.1, -0.05) is 49.8 Å². The molecule has 1 rings (SSSR count). The number of ketones is 1. The van der Waals surface area contributed by atoms with Crippen LogP contribution in [-0.2, 0) is 11.2 Å². The highest BCUT2D eigenvalue weighted by atomic mass is 16.1. The van der Waals surface area contributed by atoms with Crippen molar-refractivity contribution in [3.05, 3.63) is 48.0 Å². The molecule has 0 amide bonds. The first-order valence-corrected chi connectivity index (χ1v) is 6.06. The number of carbonyl (C=O) groups excluding carboxylic acids is 1. The van der Waals surface area contributed by atoms with Crippen molar-refractivity contribution < 1.29 is 4.79 Å². The van der Waals surface area contributed by atoms with Crippen molar-refractivity contribution in [2.24, 2.45) is 0 Å². The number of carbonyl (C=O) groups is 1. The van der Waals surface area contributed by atoms with Crippen LogP contribution in [0.1, 0.15) is 38.2 Å². The van der Waals surface area contributed by atoms with Crippen LogP contribution >= 0.6 is 0 Å². The predicted octanol–water partition coefficient (Wildman–Crippen LogP) is 3.93. The Balaban J connectivity index is 2.20. The van der Waals surface area contributed by atoms with Gasteiger partial charge in [0.25, 0.3) is 0 Å². The number of hydrogen-bond acceptors (Lipinski definition) is 1. The lowest BCUT2D eigenvalue weighted by molar-refractivity contribution is -0.114. The summed E-state index contributed by atoms with van der Waals surface area (Å²) in [4.78, 5) is 11.3. The monoisotopic (exact) mass is 216 g/mol. The number of benzene rings is 1. The number of rotatable bonds is 7. The zero-order valence-corrected chi connectivity index (χ0v) is 9.99. The molecule has 0 spiro atoms. The van der Waals surface area contributed by atoms with E-state index in [0.29, 0.717) is 6.42 Å². The number of hydrogen-bond donors (Lipinski definition) is 0. The van der Waals surface area contributed by atoms with E-state index in [-0.39, 0.29) is 5.78 Å². The lowest BCUT2D eigenvalue weighted by Gasteiger charge is -1.96. The summed E-state index contributed by atoms with van der Waals surface area (Å²) < 4.78 is 0. The molecule has 1 aromatic rings. The minimum atomic E-state index is 0.259. The molecule has 0 aliphatic rings. The first-order valence-electron chi connectivity index (χ1n) is 6.06. The normalized spacial score (nSPS) is 10.8. The van der Waals surface area contributed by atoms with Crippen molar-refractivity contribution >= 4 is 5.78 Å². The van der Waals surface area contributed by atoms with E-state index in [4.69, 9.17) is 0 Å². The molecule has 0 aliphatic heterocycles. The van der Waals surface area contributed by atoms with Crippen molar-refractivity contribution in [1.82, 2.24) is 0 Å². The number of unbranched alkanes of at least 4 members (excludes halogenated alkanes) is 1. The van der Waals surface area contributed by atoms with Gasteiger partial charge in [0.05, 0.1) is 0 Å². The fourth-order valence-electron chi connectivity index (χ4n) is 1.54. The zero-order valence-electron chi connectivity index (χ0n) is 9.99. The van der Waals surface area contributed by atoms with Crippen LogP contribution in [0.5, 0.6) is 0 Å². The molecule has 16 heavy (non-hydrogen) atoms. The maximum atomic E-state index is 11.3. The average molecular weight is 216 g/mol. The molecule has 1 aromatic carbocycles. The molecule has 0 saturated heterocycles. The maximum Gasteiger partial charge on any atom is 0.155 e. The predicted molar refractivity (Wildman–Crippen MR) is 68.4 cm³/mol. The average Bonchev–Trinajstić information content (AvgIpc) is 2.33. The molecule has 0 heterocycles. The zero-order chi connectivity index (χ0) is 11.6. The second-order valence-corrected chi connectivity index (χ2v) is 4.00. The van der Waals surface area contributed by atoms with Gasteiger partial charge in [0, 0.05) is 6.42 Å². The van der Waals surface area contributed by atoms with Crippen molar-refractivity contribution in [3.63, 3.8) is 0 Å². The highest BCUT2D eigenvalue weighted by Crippen LogP contribution is 2.03. The van der Waals surface area contributed by atoms with Crippen LogP contribution in [0.15, 0.2) is 42.5 Å². The Morgan fingerprint density at radius 3 is 2.69 bits per heavy atom. The molecular weight excluding hydrogens is 196 g/mol. The first kappa shape index (κ1) is 12.7. The van der Waals surface area contributed by atoms with Crippen molar-refractivity contribution in [2.75, 3.05) is 0 Å². The molecule has 86 valence electrons. The molecular formula is C15H20O. The fourth-order valence-corrected chi connectivity index (χ4v) is 1.54. The Hall–Kier alpha value is -1.37. The van der Waals surface area contributed by atoms with Gasteiger partial charge >= 0.3 is 0 Å². The van der Waals surface area contributed by atoms with Gasteiger partial charge in [-0.25, -0.2) is 0 Å². The molecule has 0 fully saturated rings. The van der Waals surface area contributed by atoms with E-state index in [1.807, 2.05) is 24.3 Å². The molecule has 1 heteroatoms. The van der Waals surface area contributed by atoms with E-state index in [9.17, 15) is 4.79 Å². The number of aryl methyl sites for hydroxylation is 1. The number of allylic oxidation sites excluding steroid dienone is 2. The van der Waals surface area contributed by atoms with Gasteiger partial charge in [0.1, 0.15) is 0 Å². The van der Waals surface area contributed by atoms with Gasteiger partial charge in [-0.3, -0.25) is 4.79 Å². The Morgan fingerprint density at radius 1 is 1.25 bits per heavy atom. The standard InChI is InChI=1S/C15H20O/c1-2-3-12-15(16)13-8-7-11-14-9-5-4-6-10-14/h4-6,8-10,13H,2-3,7,11-12H2,1H3/b13-8+. The van der Waals surface area contributed by atoms with Gasteiger partial charge in [-0.15, -0.1) is 0 Å². The minimum Gasteiger partial charge on any atom is -0.295 e. The molecule has 0 radical (unpaired) electrons. The SMILES string of the molecule is CCCCC(=O)/C=C/CCc1ccccc1. The molecule has 0 aliphatic carbocycles. The molecule has 0 unspecified atom stereocenters. The minimum absolute atomic E-state index is 0.259. The summed E-state index contributed by atoms with van der Waals surface area (Å²) in [5, 5.41) is 0. The summed E-state index contributed by atoms with van der Waals surface area (Å²) in [5.41, 5.74) is 1.33. The van der Waals surface area contributed by atoms with Crippen LogP contribution < -0.4 is 0 Å². The van der Waals surface area contributed by atoms with Crippen LogP contribution in [0, 0.1) is 0 Å². The van der Waals surface area contributed by atoms with Crippen LogP contribution in [0.2, 0.25) is 0 Å². The van der Waals surface area contributed by atoms with E-state index >= 15 is 0 Å². The van der Waals surface area contributed by atoms with E-state index in [0.717, 1.165) is 25.7 Å². The third kappa shape index (κ3) is 5.50. The van der Waals surface area contributed by atoms with Gasteiger partial charge < -0.3 is 0 Å². The third-order valence-corrected chi connectivity index (χ3v) is 2.52.